The number of aliphatic hydroxyl groups excluding tert-OH is 1. The van der Waals surface area contributed by atoms with E-state index in [2.05, 4.69) is 64.3 Å². The molecular weight excluding hydrogens is 1030 g/mol. The summed E-state index contributed by atoms with van der Waals surface area (Å²) in [6.45, 7) is 21.1. The van der Waals surface area contributed by atoms with Gasteiger partial charge in [0.1, 0.15) is 23.1 Å². The smallest absolute Gasteiger partial charge is 0.278 e. The third kappa shape index (κ3) is 12.4. The Morgan fingerprint density at radius 1 is 0.838 bits per heavy atom. The molecule has 3 aliphatic heterocycles. The zero-order valence-electron chi connectivity index (χ0n) is 47.0. The van der Waals surface area contributed by atoms with E-state index in [-0.39, 0.29) is 55.3 Å². The van der Waals surface area contributed by atoms with Crippen molar-refractivity contribution in [3.63, 3.8) is 0 Å². The SMILES string of the molecule is C=CCn1c(=O)c2cnc(Nc3ccc(N4CCN(C5CCC(N6CCC(C(=O)N[C@H](C(=O)N7C[C@H](O)C[C@H]7C(=O)NCc7ccc(-c8scnc8C)cc7)C(C)(C)C)CC6)CC5)CC4)cc3)nc2n1-c1cccc(C(C)(C)O)n1. The van der Waals surface area contributed by atoms with E-state index in [4.69, 9.17) is 4.98 Å². The molecule has 19 nitrogen and oxygen atoms in total. The number of piperidine rings is 1. The summed E-state index contributed by atoms with van der Waals surface area (Å²) in [5.74, 6) is -0.216. The summed E-state index contributed by atoms with van der Waals surface area (Å²) >= 11 is 1.59. The number of anilines is 3. The number of rotatable bonds is 16. The van der Waals surface area contributed by atoms with E-state index in [0.29, 0.717) is 40.6 Å². The Morgan fingerprint density at radius 3 is 2.14 bits per heavy atom. The number of pyridine rings is 1. The van der Waals surface area contributed by atoms with Crippen molar-refractivity contribution in [2.75, 3.05) is 56.0 Å². The van der Waals surface area contributed by atoms with Crippen LogP contribution >= 0.6 is 11.3 Å². The number of allylic oxidation sites excluding steroid dienone is 1. The van der Waals surface area contributed by atoms with Crippen molar-refractivity contribution in [1.82, 2.24) is 54.6 Å². The third-order valence-electron chi connectivity index (χ3n) is 16.7. The van der Waals surface area contributed by atoms with Crippen molar-refractivity contribution < 1.29 is 24.6 Å². The topological polar surface area (TPSA) is 219 Å². The maximum Gasteiger partial charge on any atom is 0.278 e. The first-order chi connectivity index (χ1) is 38.3. The molecule has 4 aromatic heterocycles. The van der Waals surface area contributed by atoms with Crippen molar-refractivity contribution in [1.29, 1.82) is 0 Å². The molecule has 3 saturated heterocycles. The second kappa shape index (κ2) is 23.7. The lowest BCUT2D eigenvalue weighted by molar-refractivity contribution is -0.144. The molecule has 3 atom stereocenters. The molecule has 4 aliphatic rings. The standard InChI is InChI=1S/C60H77N13O6S/c1-8-26-72-56(77)47-35-62-58(67-53(47)73(72)50-11-9-10-49(65-50)60(6,7)79)64-42-16-18-43(19-17-42)69-29-31-70(32-30-69)45-22-20-44(21-23-45)68-27-24-41(25-28-68)54(75)66-52(59(3,4)5)57(78)71-36-46(74)33-48(71)55(76)61-34-39-12-14-40(15-13-39)51-38(2)63-37-80-51/h8-19,35,37,41,44-46,48,52,74,79H,1,20-34,36H2,2-7H3,(H,61,76)(H,66,75)(H,62,64,67)/t44?,45?,46-,48+,52-/m1/s1. The fraction of sp³-hybridized carbons (Fsp3) is 0.500. The molecule has 0 unspecified atom stereocenters. The highest BCUT2D eigenvalue weighted by Crippen LogP contribution is 2.33. The fourth-order valence-corrected chi connectivity index (χ4v) is 12.9. The number of aromatic nitrogens is 6. The number of hydrogen-bond acceptors (Lipinski definition) is 15. The number of fused-ring (bicyclic) bond motifs is 1. The van der Waals surface area contributed by atoms with Crippen LogP contribution in [0.1, 0.15) is 96.5 Å². The summed E-state index contributed by atoms with van der Waals surface area (Å²) in [4.78, 5) is 84.1. The summed E-state index contributed by atoms with van der Waals surface area (Å²) in [6, 6.07) is 20.9. The van der Waals surface area contributed by atoms with E-state index in [1.807, 2.05) is 69.6 Å². The predicted molar refractivity (Wildman–Crippen MR) is 312 cm³/mol. The first-order valence-electron chi connectivity index (χ1n) is 28.3. The van der Waals surface area contributed by atoms with Gasteiger partial charge in [0.05, 0.1) is 34.4 Å². The Hall–Kier alpha value is -6.84. The van der Waals surface area contributed by atoms with Crippen molar-refractivity contribution >= 4 is 57.4 Å². The highest BCUT2D eigenvalue weighted by molar-refractivity contribution is 7.13. The van der Waals surface area contributed by atoms with E-state index in [0.717, 1.165) is 111 Å². The summed E-state index contributed by atoms with van der Waals surface area (Å²) in [7, 11) is 0. The van der Waals surface area contributed by atoms with Gasteiger partial charge in [0.15, 0.2) is 11.5 Å². The molecule has 80 heavy (non-hydrogen) atoms. The van der Waals surface area contributed by atoms with Crippen LogP contribution in [0.25, 0.3) is 27.3 Å². The molecular formula is C60H77N13O6S. The first kappa shape index (κ1) is 56.4. The van der Waals surface area contributed by atoms with Crippen LogP contribution in [0, 0.1) is 18.3 Å². The molecule has 5 N–H and O–H groups in total. The number of β-amino-alcohol motifs (C(OH)–C–C–N with tert-alkyl or cyclic N) is 1. The number of aliphatic hydroxyl groups is 2. The molecule has 1 aliphatic carbocycles. The van der Waals surface area contributed by atoms with Gasteiger partial charge in [-0.25, -0.2) is 24.3 Å². The maximum absolute atomic E-state index is 14.4. The second-order valence-electron chi connectivity index (χ2n) is 23.7. The highest BCUT2D eigenvalue weighted by Gasteiger charge is 2.45. The first-order valence-corrected chi connectivity index (χ1v) is 29.2. The van der Waals surface area contributed by atoms with Gasteiger partial charge in [-0.15, -0.1) is 17.9 Å². The number of aryl methyl sites for hydroxylation is 1. The van der Waals surface area contributed by atoms with Crippen LogP contribution in [-0.4, -0.2) is 148 Å². The number of piperazine rings is 1. The van der Waals surface area contributed by atoms with Crippen LogP contribution in [0.4, 0.5) is 17.3 Å². The minimum atomic E-state index is -1.18. The van der Waals surface area contributed by atoms with Gasteiger partial charge in [-0.3, -0.25) is 24.1 Å². The Labute approximate surface area is 472 Å². The number of carbonyl (C=O) groups excluding carboxylic acids is 3. The fourth-order valence-electron chi connectivity index (χ4n) is 12.1. The molecule has 4 fully saturated rings. The number of hydrogen-bond donors (Lipinski definition) is 5. The van der Waals surface area contributed by atoms with Gasteiger partial charge in [-0.05, 0) is 125 Å². The van der Waals surface area contributed by atoms with Crippen molar-refractivity contribution in [2.45, 2.75) is 135 Å². The van der Waals surface area contributed by atoms with E-state index in [9.17, 15) is 29.4 Å². The van der Waals surface area contributed by atoms with Gasteiger partial charge in [-0.1, -0.05) is 57.2 Å². The quantitative estimate of drug-likeness (QED) is 0.0652. The van der Waals surface area contributed by atoms with Gasteiger partial charge >= 0.3 is 0 Å². The largest absolute Gasteiger partial charge is 0.391 e. The van der Waals surface area contributed by atoms with Crippen LogP contribution in [0.5, 0.6) is 0 Å². The normalized spacial score (nSPS) is 21.1. The monoisotopic (exact) mass is 1110 g/mol. The number of carbonyl (C=O) groups is 3. The minimum Gasteiger partial charge on any atom is -0.391 e. The molecule has 3 amide bonds. The third-order valence-corrected chi connectivity index (χ3v) is 17.6. The van der Waals surface area contributed by atoms with E-state index in [1.165, 1.54) is 15.8 Å². The molecule has 20 heteroatoms. The molecule has 6 aromatic rings. The molecule has 2 aromatic carbocycles. The van der Waals surface area contributed by atoms with E-state index < -0.39 is 29.2 Å². The van der Waals surface area contributed by atoms with Crippen LogP contribution < -0.4 is 26.4 Å². The summed E-state index contributed by atoms with van der Waals surface area (Å²) in [5, 5.41) is 31.2. The number of nitrogens with zero attached hydrogens (tertiary/aromatic N) is 10. The molecule has 0 radical (unpaired) electrons. The van der Waals surface area contributed by atoms with Crippen LogP contribution in [0.3, 0.4) is 0 Å². The molecule has 10 rings (SSSR count). The van der Waals surface area contributed by atoms with Crippen molar-refractivity contribution in [3.8, 4) is 16.3 Å². The number of likely N-dealkylation sites (tertiary alicyclic amines) is 2. The zero-order chi connectivity index (χ0) is 56.5. The summed E-state index contributed by atoms with van der Waals surface area (Å²) < 4.78 is 3.16. The van der Waals surface area contributed by atoms with E-state index >= 15 is 0 Å². The zero-order valence-corrected chi connectivity index (χ0v) is 47.8. The lowest BCUT2D eigenvalue weighted by Crippen LogP contribution is -2.59. The number of thiazole rings is 1. The van der Waals surface area contributed by atoms with Gasteiger partial charge in [-0.2, -0.15) is 4.98 Å². The molecule has 0 spiro atoms. The molecule has 1 saturated carbocycles. The van der Waals surface area contributed by atoms with Crippen LogP contribution in [-0.2, 0) is 33.1 Å². The molecule has 7 heterocycles. The number of benzene rings is 2. The summed E-state index contributed by atoms with van der Waals surface area (Å²) in [6.07, 6.45) is 8.50. The Morgan fingerprint density at radius 2 is 1.51 bits per heavy atom. The second-order valence-corrected chi connectivity index (χ2v) is 24.6. The van der Waals surface area contributed by atoms with Gasteiger partial charge < -0.3 is 40.9 Å². The van der Waals surface area contributed by atoms with Crippen molar-refractivity contribution in [3.05, 3.63) is 118 Å². The number of amides is 3. The Balaban J connectivity index is 0.670. The maximum atomic E-state index is 14.4. The Kier molecular flexibility index (Phi) is 16.7. The molecule has 424 valence electrons. The van der Waals surface area contributed by atoms with Gasteiger partial charge in [0, 0.05) is 81.3 Å². The van der Waals surface area contributed by atoms with Crippen molar-refractivity contribution in [2.24, 2.45) is 11.3 Å². The molecule has 0 bridgehead atoms. The lowest BCUT2D eigenvalue weighted by Gasteiger charge is -2.45. The van der Waals surface area contributed by atoms with Gasteiger partial charge in [0.2, 0.25) is 23.7 Å². The highest BCUT2D eigenvalue weighted by atomic mass is 32.1. The van der Waals surface area contributed by atoms with Crippen LogP contribution in [0.15, 0.2) is 95.9 Å². The number of nitrogens with one attached hydrogen (secondary N) is 3. The predicted octanol–water partition coefficient (Wildman–Crippen LogP) is 6.52. The lowest BCUT2D eigenvalue weighted by atomic mass is 9.84. The van der Waals surface area contributed by atoms with Crippen LogP contribution in [0.2, 0.25) is 0 Å². The van der Waals surface area contributed by atoms with Gasteiger partial charge in [0.25, 0.3) is 5.56 Å². The summed E-state index contributed by atoms with van der Waals surface area (Å²) in [5.41, 5.74) is 5.53. The Bertz CT molecular complexity index is 3230. The minimum absolute atomic E-state index is 0.0356. The average molecular weight is 1110 g/mol. The average Bonchev–Trinajstić information content (AvgIpc) is 4.16. The van der Waals surface area contributed by atoms with E-state index in [1.54, 1.807) is 54.1 Å².